The molecule has 0 radical (unpaired) electrons. The zero-order valence-electron chi connectivity index (χ0n) is 19.9. The number of benzene rings is 3. The molecule has 0 aliphatic heterocycles. The van der Waals surface area contributed by atoms with Crippen LogP contribution in [-0.4, -0.2) is 37.5 Å². The number of nitrogen functional groups attached to an aromatic ring is 1. The maximum Gasteiger partial charge on any atom is 1.00 e. The zero-order valence-corrected chi connectivity index (χ0v) is 23.6. The topological polar surface area (TPSA) is 181 Å². The van der Waals surface area contributed by atoms with Gasteiger partial charge in [0.25, 0.3) is 20.2 Å². The van der Waals surface area contributed by atoms with Crippen LogP contribution in [0.4, 0.5) is 17.1 Å². The smallest absolute Gasteiger partial charge is 1.00 e. The van der Waals surface area contributed by atoms with Crippen LogP contribution < -0.4 is 70.2 Å². The summed E-state index contributed by atoms with van der Waals surface area (Å²) in [5, 5.41) is 2.75. The predicted molar refractivity (Wildman–Crippen MR) is 116 cm³/mol. The Bertz CT molecular complexity index is 1550. The second-order valence-corrected chi connectivity index (χ2v) is 9.70. The number of nitrogens with two attached hydrogens (primary N) is 1. The molecule has 0 amide bonds. The Morgan fingerprint density at radius 2 is 1.26 bits per heavy atom. The molecule has 1 aliphatic carbocycles. The van der Waals surface area contributed by atoms with Gasteiger partial charge in [0.2, 0.25) is 0 Å². The van der Waals surface area contributed by atoms with Gasteiger partial charge in [-0.15, -0.1) is 0 Å². The quantitative estimate of drug-likeness (QED) is 0.119. The van der Waals surface area contributed by atoms with Gasteiger partial charge < -0.3 is 13.9 Å². The van der Waals surface area contributed by atoms with Gasteiger partial charge in [0, 0.05) is 16.8 Å². The summed E-state index contributed by atoms with van der Waals surface area (Å²) in [7, 11) is -9.31. The molecule has 0 spiro atoms. The fourth-order valence-corrected chi connectivity index (χ4v) is 4.60. The molecule has 5 N–H and O–H groups in total. The van der Waals surface area contributed by atoms with Gasteiger partial charge >= 0.3 is 59.1 Å². The van der Waals surface area contributed by atoms with Gasteiger partial charge in [-0.3, -0.25) is 18.7 Å². The molecule has 4 rings (SSSR count). The van der Waals surface area contributed by atoms with Gasteiger partial charge in [-0.1, -0.05) is 24.3 Å². The number of fused-ring (bicyclic) bond motifs is 2. The normalized spacial score (nSPS) is 12.6. The molecule has 34 heavy (non-hydrogen) atoms. The van der Waals surface area contributed by atoms with Crippen molar-refractivity contribution >= 4 is 48.9 Å². The Balaban J connectivity index is 0.00000306. The van der Waals surface area contributed by atoms with E-state index in [0.717, 1.165) is 18.2 Å². The van der Waals surface area contributed by atoms with E-state index in [9.17, 15) is 31.0 Å². The molecule has 0 bridgehead atoms. The molecule has 0 aromatic heterocycles. The first-order valence-electron chi connectivity index (χ1n) is 8.86. The standard InChI is InChI=1S/C20H14N2O8S2.2Na.2H/c21-18-15(32(28,29)30)9-14(22-10-5-7-11(8-6-10)31(25,26)27)16-17(18)20(24)13-4-2-1-3-12(13)19(16)23;;;;/h1-9,22H,21H2,(H,25,26,27)(H,28,29,30);;;;/q;2*+1;2*-1. The molecule has 14 heteroatoms. The largest absolute Gasteiger partial charge is 1.00 e. The van der Waals surface area contributed by atoms with E-state index in [1.54, 1.807) is 6.07 Å². The van der Waals surface area contributed by atoms with Crippen LogP contribution in [0.1, 0.15) is 34.7 Å². The van der Waals surface area contributed by atoms with Crippen LogP contribution in [0.3, 0.4) is 0 Å². The summed E-state index contributed by atoms with van der Waals surface area (Å²) in [6, 6.07) is 11.5. The summed E-state index contributed by atoms with van der Waals surface area (Å²) in [6.07, 6.45) is 0. The van der Waals surface area contributed by atoms with Gasteiger partial charge in [0.1, 0.15) is 4.90 Å². The first-order chi connectivity index (χ1) is 14.9. The van der Waals surface area contributed by atoms with Crippen molar-refractivity contribution in [3.63, 3.8) is 0 Å². The van der Waals surface area contributed by atoms with Crippen LogP contribution in [0.15, 0.2) is 64.4 Å². The fourth-order valence-electron chi connectivity index (χ4n) is 3.47. The SMILES string of the molecule is Nc1c(S(=O)(=O)O)cc(Nc2ccc(S(=O)(=O)O)cc2)c2c1C(=O)c1ccccc1C2=O.[H-].[H-].[Na+].[Na+]. The van der Waals surface area contributed by atoms with Crippen molar-refractivity contribution in [2.24, 2.45) is 0 Å². The van der Waals surface area contributed by atoms with Gasteiger partial charge in [-0.25, -0.2) is 0 Å². The molecule has 0 fully saturated rings. The second kappa shape index (κ2) is 10.2. The second-order valence-electron chi connectivity index (χ2n) is 6.89. The van der Waals surface area contributed by atoms with Crippen LogP contribution in [0, 0.1) is 0 Å². The Kier molecular flexibility index (Phi) is 8.59. The van der Waals surface area contributed by atoms with Crippen LogP contribution in [-0.2, 0) is 20.2 Å². The molecular weight excluding hydrogens is 506 g/mol. The summed E-state index contributed by atoms with van der Waals surface area (Å²) in [5.74, 6) is -1.29. The summed E-state index contributed by atoms with van der Waals surface area (Å²) in [5.41, 5.74) is 4.94. The van der Waals surface area contributed by atoms with Crippen molar-refractivity contribution < 1.29 is 97.5 Å². The van der Waals surface area contributed by atoms with Gasteiger partial charge in [-0.2, -0.15) is 16.8 Å². The van der Waals surface area contributed by atoms with E-state index < -0.39 is 42.4 Å². The van der Waals surface area contributed by atoms with E-state index in [-0.39, 0.29) is 100 Å². The van der Waals surface area contributed by atoms with E-state index in [1.807, 2.05) is 0 Å². The number of rotatable bonds is 4. The van der Waals surface area contributed by atoms with Crippen molar-refractivity contribution in [3.8, 4) is 0 Å². The molecule has 3 aromatic rings. The van der Waals surface area contributed by atoms with Crippen LogP contribution in [0.2, 0.25) is 0 Å². The third-order valence-electron chi connectivity index (χ3n) is 4.91. The number of anilines is 3. The minimum Gasteiger partial charge on any atom is -1.00 e. The third-order valence-corrected chi connectivity index (χ3v) is 6.67. The van der Waals surface area contributed by atoms with E-state index >= 15 is 0 Å². The summed E-state index contributed by atoms with van der Waals surface area (Å²) in [6.45, 7) is 0. The average molecular weight is 522 g/mol. The summed E-state index contributed by atoms with van der Waals surface area (Å²) >= 11 is 0. The van der Waals surface area contributed by atoms with Gasteiger partial charge in [0.15, 0.2) is 11.6 Å². The van der Waals surface area contributed by atoms with Crippen molar-refractivity contribution in [2.75, 3.05) is 11.1 Å². The molecule has 168 valence electrons. The monoisotopic (exact) mass is 522 g/mol. The van der Waals surface area contributed by atoms with Gasteiger partial charge in [-0.05, 0) is 30.3 Å². The maximum absolute atomic E-state index is 13.2. The molecular formula is C20H16N2Na2O8S2. The Hall–Kier alpha value is -1.58. The van der Waals surface area contributed by atoms with Crippen molar-refractivity contribution in [1.82, 2.24) is 0 Å². The van der Waals surface area contributed by atoms with Crippen molar-refractivity contribution in [1.29, 1.82) is 0 Å². The van der Waals surface area contributed by atoms with Crippen molar-refractivity contribution in [3.05, 3.63) is 76.9 Å². The maximum atomic E-state index is 13.2. The minimum absolute atomic E-state index is 0. The molecule has 0 unspecified atom stereocenters. The van der Waals surface area contributed by atoms with E-state index in [1.165, 1.54) is 30.3 Å². The summed E-state index contributed by atoms with van der Waals surface area (Å²) in [4.78, 5) is 25.1. The number of nitrogens with one attached hydrogen (secondary N) is 1. The van der Waals surface area contributed by atoms with E-state index in [4.69, 9.17) is 10.3 Å². The van der Waals surface area contributed by atoms with Crippen LogP contribution in [0.25, 0.3) is 0 Å². The molecule has 0 atom stereocenters. The van der Waals surface area contributed by atoms with Gasteiger partial charge in [0.05, 0.1) is 27.4 Å². The number of carbonyl (C=O) groups excluding carboxylic acids is 2. The fraction of sp³-hybridized carbons (Fsp3) is 0. The minimum atomic E-state index is -4.87. The number of hydrogen-bond donors (Lipinski definition) is 4. The molecule has 0 saturated heterocycles. The Morgan fingerprint density at radius 3 is 1.74 bits per heavy atom. The number of ketones is 2. The number of carbonyl (C=O) groups is 2. The first kappa shape index (κ1) is 28.7. The molecule has 0 saturated carbocycles. The average Bonchev–Trinajstić information content (AvgIpc) is 2.72. The molecule has 3 aromatic carbocycles. The van der Waals surface area contributed by atoms with E-state index in [0.29, 0.717) is 0 Å². The number of hydrogen-bond acceptors (Lipinski definition) is 8. The third kappa shape index (κ3) is 5.16. The van der Waals surface area contributed by atoms with Crippen molar-refractivity contribution in [2.45, 2.75) is 9.79 Å². The Labute approximate surface area is 242 Å². The predicted octanol–water partition coefficient (Wildman–Crippen LogP) is -3.49. The first-order valence-corrected chi connectivity index (χ1v) is 11.7. The molecule has 0 heterocycles. The van der Waals surface area contributed by atoms with Crippen LogP contribution >= 0.6 is 0 Å². The Morgan fingerprint density at radius 1 is 0.765 bits per heavy atom. The van der Waals surface area contributed by atoms with E-state index in [2.05, 4.69) is 5.32 Å². The molecule has 10 nitrogen and oxygen atoms in total. The van der Waals surface area contributed by atoms with Crippen LogP contribution in [0.5, 0.6) is 0 Å². The summed E-state index contributed by atoms with van der Waals surface area (Å²) < 4.78 is 64.9. The molecule has 1 aliphatic rings. The zero-order chi connectivity index (χ0) is 23.4.